The molecule has 8 heteroatoms. The molecule has 0 fully saturated rings. The van der Waals surface area contributed by atoms with E-state index in [4.69, 9.17) is 0 Å². The van der Waals surface area contributed by atoms with Crippen molar-refractivity contribution >= 4 is 23.2 Å². The Morgan fingerprint density at radius 2 is 1.77 bits per heavy atom. The molecule has 2 amide bonds. The van der Waals surface area contributed by atoms with Crippen LogP contribution >= 0.6 is 0 Å². The van der Waals surface area contributed by atoms with Crippen LogP contribution in [0, 0.1) is 0 Å². The number of nitrogens with zero attached hydrogens (tertiary/aromatic N) is 1. The Kier molecular flexibility index (Phi) is 5.35. The van der Waals surface area contributed by atoms with E-state index in [0.717, 1.165) is 18.2 Å². The van der Waals surface area contributed by atoms with E-state index < -0.39 is 23.4 Å². The van der Waals surface area contributed by atoms with Gasteiger partial charge in [0, 0.05) is 30.1 Å². The van der Waals surface area contributed by atoms with Crippen LogP contribution in [0.2, 0.25) is 0 Å². The zero-order chi connectivity index (χ0) is 19.5. The summed E-state index contributed by atoms with van der Waals surface area (Å²) >= 11 is 0. The van der Waals surface area contributed by atoms with E-state index in [9.17, 15) is 27.9 Å². The Balaban J connectivity index is 2.19. The average Bonchev–Trinajstić information content (AvgIpc) is 2.59. The van der Waals surface area contributed by atoms with Crippen molar-refractivity contribution in [1.29, 1.82) is 0 Å². The molecule has 26 heavy (non-hydrogen) atoms. The lowest BCUT2D eigenvalue weighted by Gasteiger charge is -2.15. The van der Waals surface area contributed by atoms with E-state index in [1.54, 1.807) is 0 Å². The van der Waals surface area contributed by atoms with E-state index in [2.05, 4.69) is 11.9 Å². The summed E-state index contributed by atoms with van der Waals surface area (Å²) in [5, 5.41) is 11.7. The monoisotopic (exact) mass is 364 g/mol. The molecule has 0 heterocycles. The van der Waals surface area contributed by atoms with Crippen molar-refractivity contribution in [1.82, 2.24) is 0 Å². The van der Waals surface area contributed by atoms with E-state index in [1.807, 2.05) is 0 Å². The topological polar surface area (TPSA) is 69.6 Å². The van der Waals surface area contributed by atoms with Gasteiger partial charge in [0.2, 0.25) is 5.91 Å². The number of phenolic OH excluding ortho intramolecular Hbond substituents is 1. The number of likely N-dealkylation sites (N-methyl/N-ethyl adjacent to an activating group) is 1. The van der Waals surface area contributed by atoms with Crippen LogP contribution in [0.15, 0.2) is 55.1 Å². The first-order chi connectivity index (χ1) is 12.1. The summed E-state index contributed by atoms with van der Waals surface area (Å²) in [5.74, 6) is -1.61. The number of alkyl halides is 3. The number of hydrogen-bond acceptors (Lipinski definition) is 3. The quantitative estimate of drug-likeness (QED) is 0.811. The summed E-state index contributed by atoms with van der Waals surface area (Å²) in [6.45, 7) is 3.38. The van der Waals surface area contributed by atoms with E-state index in [-0.39, 0.29) is 17.2 Å². The number of carbonyl (C=O) groups is 2. The maximum Gasteiger partial charge on any atom is 0.416 e. The van der Waals surface area contributed by atoms with Crippen molar-refractivity contribution in [2.24, 2.45) is 0 Å². The lowest BCUT2D eigenvalue weighted by Crippen LogP contribution is -2.23. The number of anilines is 2. The SMILES string of the molecule is C=CC(=O)N(C)c1ccc(C(=O)Nc2cc(O)cc(C(F)(F)F)c2)cc1. The fourth-order valence-corrected chi connectivity index (χ4v) is 2.15. The summed E-state index contributed by atoms with van der Waals surface area (Å²) in [6.07, 6.45) is -3.51. The standard InChI is InChI=1S/C18H15F3N2O3/c1-3-16(25)23(2)14-6-4-11(5-7-14)17(26)22-13-8-12(18(19,20)21)9-15(24)10-13/h3-10,24H,1H2,2H3,(H,22,26). The first-order valence-electron chi connectivity index (χ1n) is 7.34. The van der Waals surface area contributed by atoms with Crippen molar-refractivity contribution in [2.75, 3.05) is 17.3 Å². The zero-order valence-electron chi connectivity index (χ0n) is 13.7. The van der Waals surface area contributed by atoms with Gasteiger partial charge >= 0.3 is 6.18 Å². The number of amides is 2. The van der Waals surface area contributed by atoms with Gasteiger partial charge in [-0.05, 0) is 42.5 Å². The highest BCUT2D eigenvalue weighted by Crippen LogP contribution is 2.33. The van der Waals surface area contributed by atoms with Crippen LogP contribution in [0.3, 0.4) is 0 Å². The minimum atomic E-state index is -4.65. The highest BCUT2D eigenvalue weighted by atomic mass is 19.4. The molecule has 5 nitrogen and oxygen atoms in total. The molecule has 2 aromatic rings. The smallest absolute Gasteiger partial charge is 0.416 e. The number of aromatic hydroxyl groups is 1. The number of halogens is 3. The van der Waals surface area contributed by atoms with Gasteiger partial charge in [0.05, 0.1) is 5.56 Å². The van der Waals surface area contributed by atoms with Crippen LogP contribution in [-0.2, 0) is 11.0 Å². The van der Waals surface area contributed by atoms with Crippen LogP contribution in [0.4, 0.5) is 24.5 Å². The van der Waals surface area contributed by atoms with E-state index in [1.165, 1.54) is 36.2 Å². The van der Waals surface area contributed by atoms with E-state index >= 15 is 0 Å². The van der Waals surface area contributed by atoms with Crippen molar-refractivity contribution in [2.45, 2.75) is 6.18 Å². The number of phenols is 1. The highest BCUT2D eigenvalue weighted by molar-refractivity contribution is 6.05. The summed E-state index contributed by atoms with van der Waals surface area (Å²) in [4.78, 5) is 25.0. The minimum absolute atomic E-state index is 0.171. The van der Waals surface area contributed by atoms with Crippen LogP contribution < -0.4 is 10.2 Å². The molecule has 2 rings (SSSR count). The van der Waals surface area contributed by atoms with Crippen LogP contribution in [0.1, 0.15) is 15.9 Å². The maximum absolute atomic E-state index is 12.8. The molecule has 0 saturated heterocycles. The number of hydrogen-bond donors (Lipinski definition) is 2. The molecule has 0 aliphatic rings. The molecule has 0 aromatic heterocycles. The Morgan fingerprint density at radius 3 is 2.31 bits per heavy atom. The van der Waals surface area contributed by atoms with Gasteiger partial charge in [0.1, 0.15) is 5.75 Å². The Labute approximate surface area is 147 Å². The van der Waals surface area contributed by atoms with Gasteiger partial charge in [-0.25, -0.2) is 0 Å². The molecular weight excluding hydrogens is 349 g/mol. The Morgan fingerprint density at radius 1 is 1.15 bits per heavy atom. The molecule has 0 unspecified atom stereocenters. The van der Waals surface area contributed by atoms with Crippen molar-refractivity contribution in [3.05, 3.63) is 66.2 Å². The van der Waals surface area contributed by atoms with Gasteiger partial charge in [-0.1, -0.05) is 6.58 Å². The molecule has 0 spiro atoms. The normalized spacial score (nSPS) is 10.9. The summed E-state index contributed by atoms with van der Waals surface area (Å²) in [7, 11) is 1.53. The second-order valence-electron chi connectivity index (χ2n) is 5.37. The fourth-order valence-electron chi connectivity index (χ4n) is 2.15. The molecule has 2 aromatic carbocycles. The van der Waals surface area contributed by atoms with Crippen LogP contribution in [-0.4, -0.2) is 24.0 Å². The van der Waals surface area contributed by atoms with Crippen molar-refractivity contribution in [3.8, 4) is 5.75 Å². The molecule has 2 N–H and O–H groups in total. The predicted octanol–water partition coefficient (Wildman–Crippen LogP) is 3.81. The molecule has 136 valence electrons. The number of rotatable bonds is 4. The molecule has 0 atom stereocenters. The third-order valence-electron chi connectivity index (χ3n) is 3.52. The second-order valence-corrected chi connectivity index (χ2v) is 5.37. The first kappa shape index (κ1) is 19.0. The number of benzene rings is 2. The van der Waals surface area contributed by atoms with Crippen LogP contribution in [0.25, 0.3) is 0 Å². The lowest BCUT2D eigenvalue weighted by atomic mass is 10.1. The average molecular weight is 364 g/mol. The van der Waals surface area contributed by atoms with Crippen LogP contribution in [0.5, 0.6) is 5.75 Å². The molecule has 0 saturated carbocycles. The number of carbonyl (C=O) groups excluding carboxylic acids is 2. The lowest BCUT2D eigenvalue weighted by molar-refractivity contribution is -0.137. The molecule has 0 aliphatic carbocycles. The molecule has 0 bridgehead atoms. The van der Waals surface area contributed by atoms with Gasteiger partial charge in [-0.3, -0.25) is 9.59 Å². The van der Waals surface area contributed by atoms with Gasteiger partial charge in [-0.2, -0.15) is 13.2 Å². The van der Waals surface area contributed by atoms with Gasteiger partial charge in [0.25, 0.3) is 5.91 Å². The summed E-state index contributed by atoms with van der Waals surface area (Å²) < 4.78 is 38.3. The second kappa shape index (κ2) is 7.30. The van der Waals surface area contributed by atoms with Gasteiger partial charge in [-0.15, -0.1) is 0 Å². The number of nitrogens with one attached hydrogen (secondary N) is 1. The van der Waals surface area contributed by atoms with Crippen molar-refractivity contribution < 1.29 is 27.9 Å². The Hall–Kier alpha value is -3.29. The zero-order valence-corrected chi connectivity index (χ0v) is 13.7. The van der Waals surface area contributed by atoms with Gasteiger partial charge in [0.15, 0.2) is 0 Å². The highest BCUT2D eigenvalue weighted by Gasteiger charge is 2.31. The third kappa shape index (κ3) is 4.41. The molecular formula is C18H15F3N2O3. The third-order valence-corrected chi connectivity index (χ3v) is 3.52. The first-order valence-corrected chi connectivity index (χ1v) is 7.34. The predicted molar refractivity (Wildman–Crippen MR) is 91.1 cm³/mol. The van der Waals surface area contributed by atoms with Gasteiger partial charge < -0.3 is 15.3 Å². The molecule has 0 radical (unpaired) electrons. The maximum atomic E-state index is 12.8. The largest absolute Gasteiger partial charge is 0.508 e. The minimum Gasteiger partial charge on any atom is -0.508 e. The van der Waals surface area contributed by atoms with E-state index in [0.29, 0.717) is 11.8 Å². The Bertz CT molecular complexity index is 846. The summed E-state index contributed by atoms with van der Waals surface area (Å²) in [5.41, 5.74) is -0.577. The molecule has 0 aliphatic heterocycles. The summed E-state index contributed by atoms with van der Waals surface area (Å²) in [6, 6.07) is 8.17. The fraction of sp³-hybridized carbons (Fsp3) is 0.111. The van der Waals surface area contributed by atoms with Crippen molar-refractivity contribution in [3.63, 3.8) is 0 Å².